The van der Waals surface area contributed by atoms with Crippen LogP contribution in [0.1, 0.15) is 31.9 Å². The summed E-state index contributed by atoms with van der Waals surface area (Å²) in [6, 6.07) is 10.1. The van der Waals surface area contributed by atoms with Crippen LogP contribution < -0.4 is 10.6 Å². The van der Waals surface area contributed by atoms with Gasteiger partial charge < -0.3 is 15.5 Å². The molecule has 3 unspecified atom stereocenters. The third-order valence-corrected chi connectivity index (χ3v) is 4.35. The number of benzene rings is 1. The molecule has 1 aliphatic rings. The number of rotatable bonds is 6. The van der Waals surface area contributed by atoms with E-state index in [1.807, 2.05) is 51.2 Å². The van der Waals surface area contributed by atoms with Gasteiger partial charge in [0.1, 0.15) is 0 Å². The average molecular weight is 303 g/mol. The number of nitrogens with one attached hydrogen (secondary N) is 2. The normalized spacial score (nSPS) is 20.8. The van der Waals surface area contributed by atoms with Crippen LogP contribution in [0.15, 0.2) is 30.3 Å². The maximum Gasteiger partial charge on any atom is 0.225 e. The van der Waals surface area contributed by atoms with Gasteiger partial charge in [-0.05, 0) is 26.5 Å². The highest BCUT2D eigenvalue weighted by Crippen LogP contribution is 2.28. The van der Waals surface area contributed by atoms with Crippen molar-refractivity contribution >= 4 is 11.8 Å². The van der Waals surface area contributed by atoms with Gasteiger partial charge in [-0.25, -0.2) is 0 Å². The standard InChI is InChI=1S/C17H25N3O2/c1-12(18-3)10-19-17(22)15-9-16(21)20(11-15)13(2)14-7-5-4-6-8-14/h4-8,12-13,15,18H,9-11H2,1-3H3,(H,19,22). The molecule has 1 aliphatic heterocycles. The topological polar surface area (TPSA) is 61.4 Å². The predicted molar refractivity (Wildman–Crippen MR) is 86.2 cm³/mol. The Labute approximate surface area is 132 Å². The van der Waals surface area contributed by atoms with Crippen LogP contribution in [-0.2, 0) is 9.59 Å². The minimum Gasteiger partial charge on any atom is -0.354 e. The fraction of sp³-hybridized carbons (Fsp3) is 0.529. The summed E-state index contributed by atoms with van der Waals surface area (Å²) in [4.78, 5) is 26.2. The molecule has 1 heterocycles. The number of hydrogen-bond acceptors (Lipinski definition) is 3. The van der Waals surface area contributed by atoms with Crippen LogP contribution in [0.2, 0.25) is 0 Å². The van der Waals surface area contributed by atoms with Gasteiger partial charge in [-0.15, -0.1) is 0 Å². The predicted octanol–water partition coefficient (Wildman–Crippen LogP) is 1.32. The number of likely N-dealkylation sites (tertiary alicyclic amines) is 1. The van der Waals surface area contributed by atoms with Crippen molar-refractivity contribution in [2.75, 3.05) is 20.1 Å². The summed E-state index contributed by atoms with van der Waals surface area (Å²) in [5.74, 6) is -0.223. The Morgan fingerprint density at radius 2 is 2.00 bits per heavy atom. The Kier molecular flexibility index (Phi) is 5.55. The molecule has 1 fully saturated rings. The molecule has 5 heteroatoms. The quantitative estimate of drug-likeness (QED) is 0.833. The molecule has 0 radical (unpaired) electrons. The lowest BCUT2D eigenvalue weighted by atomic mass is 10.1. The lowest BCUT2D eigenvalue weighted by Crippen LogP contribution is -2.40. The van der Waals surface area contributed by atoms with Gasteiger partial charge in [0.2, 0.25) is 11.8 Å². The molecule has 0 aliphatic carbocycles. The maximum absolute atomic E-state index is 12.2. The molecule has 22 heavy (non-hydrogen) atoms. The first-order valence-corrected chi connectivity index (χ1v) is 7.82. The van der Waals surface area contributed by atoms with Gasteiger partial charge in [-0.3, -0.25) is 9.59 Å². The summed E-state index contributed by atoms with van der Waals surface area (Å²) in [5, 5.41) is 5.99. The van der Waals surface area contributed by atoms with Crippen molar-refractivity contribution in [3.8, 4) is 0 Å². The van der Waals surface area contributed by atoms with E-state index in [-0.39, 0.29) is 29.8 Å². The van der Waals surface area contributed by atoms with E-state index in [2.05, 4.69) is 10.6 Å². The van der Waals surface area contributed by atoms with Gasteiger partial charge in [-0.2, -0.15) is 0 Å². The molecule has 3 atom stereocenters. The Morgan fingerprint density at radius 3 is 2.64 bits per heavy atom. The van der Waals surface area contributed by atoms with E-state index in [1.54, 1.807) is 4.90 Å². The molecule has 1 saturated heterocycles. The number of carbonyl (C=O) groups is 2. The first-order valence-electron chi connectivity index (χ1n) is 7.82. The van der Waals surface area contributed by atoms with Crippen molar-refractivity contribution in [1.29, 1.82) is 0 Å². The molecule has 5 nitrogen and oxygen atoms in total. The zero-order valence-corrected chi connectivity index (χ0v) is 13.5. The maximum atomic E-state index is 12.2. The largest absolute Gasteiger partial charge is 0.354 e. The molecular weight excluding hydrogens is 278 g/mol. The fourth-order valence-corrected chi connectivity index (χ4v) is 2.69. The molecule has 0 aromatic heterocycles. The summed E-state index contributed by atoms with van der Waals surface area (Å²) in [6.45, 7) is 5.09. The molecule has 0 saturated carbocycles. The highest BCUT2D eigenvalue weighted by molar-refractivity contribution is 5.89. The molecular formula is C17H25N3O2. The van der Waals surface area contributed by atoms with Crippen LogP contribution in [0.4, 0.5) is 0 Å². The van der Waals surface area contributed by atoms with Crippen LogP contribution in [0.5, 0.6) is 0 Å². The van der Waals surface area contributed by atoms with Gasteiger partial charge in [0.25, 0.3) is 0 Å². The lowest BCUT2D eigenvalue weighted by Gasteiger charge is -2.25. The van der Waals surface area contributed by atoms with Gasteiger partial charge in [0, 0.05) is 25.6 Å². The number of carbonyl (C=O) groups excluding carboxylic acids is 2. The van der Waals surface area contributed by atoms with E-state index in [0.29, 0.717) is 19.5 Å². The smallest absolute Gasteiger partial charge is 0.225 e. The van der Waals surface area contributed by atoms with Crippen molar-refractivity contribution < 1.29 is 9.59 Å². The molecule has 1 aromatic rings. The molecule has 0 spiro atoms. The van der Waals surface area contributed by atoms with Gasteiger partial charge in [0.15, 0.2) is 0 Å². The third kappa shape index (κ3) is 3.85. The zero-order chi connectivity index (χ0) is 16.1. The summed E-state index contributed by atoms with van der Waals surface area (Å²) in [6.07, 6.45) is 0.303. The summed E-state index contributed by atoms with van der Waals surface area (Å²) < 4.78 is 0. The molecule has 2 amide bonds. The number of likely N-dealkylation sites (N-methyl/N-ethyl adjacent to an activating group) is 1. The SMILES string of the molecule is CNC(C)CNC(=O)C1CC(=O)N(C(C)c2ccccc2)C1. The zero-order valence-electron chi connectivity index (χ0n) is 13.5. The van der Waals surface area contributed by atoms with Crippen molar-refractivity contribution in [1.82, 2.24) is 15.5 Å². The summed E-state index contributed by atoms with van der Waals surface area (Å²) >= 11 is 0. The first kappa shape index (κ1) is 16.5. The first-order chi connectivity index (χ1) is 10.5. The minimum atomic E-state index is -0.247. The van der Waals surface area contributed by atoms with Crippen molar-refractivity contribution in [3.63, 3.8) is 0 Å². The molecule has 2 rings (SSSR count). The second-order valence-corrected chi connectivity index (χ2v) is 5.97. The van der Waals surface area contributed by atoms with E-state index in [4.69, 9.17) is 0 Å². The molecule has 0 bridgehead atoms. The van der Waals surface area contributed by atoms with Crippen molar-refractivity contribution in [2.24, 2.45) is 5.92 Å². The summed E-state index contributed by atoms with van der Waals surface area (Å²) in [5.41, 5.74) is 1.10. The van der Waals surface area contributed by atoms with Crippen LogP contribution in [0.3, 0.4) is 0 Å². The highest BCUT2D eigenvalue weighted by atomic mass is 16.2. The number of nitrogens with zero attached hydrogens (tertiary/aromatic N) is 1. The van der Waals surface area contributed by atoms with E-state index >= 15 is 0 Å². The van der Waals surface area contributed by atoms with Crippen LogP contribution >= 0.6 is 0 Å². The van der Waals surface area contributed by atoms with E-state index in [1.165, 1.54) is 0 Å². The van der Waals surface area contributed by atoms with Crippen LogP contribution in [0.25, 0.3) is 0 Å². The third-order valence-electron chi connectivity index (χ3n) is 4.35. The monoisotopic (exact) mass is 303 g/mol. The Hall–Kier alpha value is -1.88. The van der Waals surface area contributed by atoms with Crippen molar-refractivity contribution in [3.05, 3.63) is 35.9 Å². The van der Waals surface area contributed by atoms with Gasteiger partial charge in [0.05, 0.1) is 12.0 Å². The van der Waals surface area contributed by atoms with E-state index in [0.717, 1.165) is 5.56 Å². The average Bonchev–Trinajstić information content (AvgIpc) is 2.94. The fourth-order valence-electron chi connectivity index (χ4n) is 2.69. The molecule has 1 aromatic carbocycles. The highest BCUT2D eigenvalue weighted by Gasteiger charge is 2.36. The van der Waals surface area contributed by atoms with E-state index in [9.17, 15) is 9.59 Å². The van der Waals surface area contributed by atoms with Gasteiger partial charge >= 0.3 is 0 Å². The summed E-state index contributed by atoms with van der Waals surface area (Å²) in [7, 11) is 1.86. The number of amides is 2. The van der Waals surface area contributed by atoms with Crippen molar-refractivity contribution in [2.45, 2.75) is 32.4 Å². The lowest BCUT2D eigenvalue weighted by molar-refractivity contribution is -0.130. The Morgan fingerprint density at radius 1 is 1.32 bits per heavy atom. The van der Waals surface area contributed by atoms with Crippen LogP contribution in [0, 0.1) is 5.92 Å². The minimum absolute atomic E-state index is 0.00253. The Bertz CT molecular complexity index is 518. The van der Waals surface area contributed by atoms with Crippen LogP contribution in [-0.4, -0.2) is 42.9 Å². The number of hydrogen-bond donors (Lipinski definition) is 2. The van der Waals surface area contributed by atoms with Gasteiger partial charge in [-0.1, -0.05) is 30.3 Å². The second kappa shape index (κ2) is 7.40. The second-order valence-electron chi connectivity index (χ2n) is 5.97. The Balaban J connectivity index is 1.94. The molecule has 120 valence electrons. The van der Waals surface area contributed by atoms with E-state index < -0.39 is 0 Å². The molecule has 2 N–H and O–H groups in total.